The second-order valence-corrected chi connectivity index (χ2v) is 4.18. The standard InChI is InChI=1S/C11H10ClNO3/c12-7-3-1-6(2-4-7)8-5-9(14)13-10(8)11(15)16/h1-4,8,10H,5H2,(H,13,14)(H,15,16)/t8-,10+/m1/s1. The Bertz CT molecular complexity index is 429. The molecule has 0 aliphatic carbocycles. The first-order valence-corrected chi connectivity index (χ1v) is 5.23. The number of hydrogen-bond acceptors (Lipinski definition) is 2. The van der Waals surface area contributed by atoms with Gasteiger partial charge < -0.3 is 10.4 Å². The average molecular weight is 240 g/mol. The van der Waals surface area contributed by atoms with Crippen LogP contribution < -0.4 is 5.32 Å². The van der Waals surface area contributed by atoms with Gasteiger partial charge in [0.2, 0.25) is 5.91 Å². The molecule has 1 aromatic carbocycles. The largest absolute Gasteiger partial charge is 0.480 e. The molecule has 0 bridgehead atoms. The maximum atomic E-state index is 11.2. The molecule has 0 radical (unpaired) electrons. The molecule has 1 amide bonds. The second kappa shape index (κ2) is 4.14. The second-order valence-electron chi connectivity index (χ2n) is 3.75. The third-order valence-electron chi connectivity index (χ3n) is 2.69. The zero-order valence-corrected chi connectivity index (χ0v) is 9.07. The molecule has 5 heteroatoms. The van der Waals surface area contributed by atoms with Gasteiger partial charge in [-0.05, 0) is 17.7 Å². The molecule has 4 nitrogen and oxygen atoms in total. The monoisotopic (exact) mass is 239 g/mol. The average Bonchev–Trinajstić information content (AvgIpc) is 2.61. The summed E-state index contributed by atoms with van der Waals surface area (Å²) in [6.45, 7) is 0. The number of carbonyl (C=O) groups is 2. The lowest BCUT2D eigenvalue weighted by atomic mass is 9.92. The van der Waals surface area contributed by atoms with Crippen LogP contribution >= 0.6 is 11.6 Å². The Morgan fingerprint density at radius 3 is 2.56 bits per heavy atom. The molecule has 0 saturated carbocycles. The third-order valence-corrected chi connectivity index (χ3v) is 2.94. The first kappa shape index (κ1) is 11.0. The number of nitrogens with one attached hydrogen (secondary N) is 1. The van der Waals surface area contributed by atoms with E-state index in [4.69, 9.17) is 16.7 Å². The Morgan fingerprint density at radius 1 is 1.38 bits per heavy atom. The van der Waals surface area contributed by atoms with Crippen LogP contribution in [0.2, 0.25) is 5.02 Å². The number of rotatable bonds is 2. The quantitative estimate of drug-likeness (QED) is 0.820. The van der Waals surface area contributed by atoms with E-state index >= 15 is 0 Å². The Labute approximate surface area is 97.2 Å². The maximum Gasteiger partial charge on any atom is 0.326 e. The van der Waals surface area contributed by atoms with Gasteiger partial charge >= 0.3 is 5.97 Å². The first-order chi connectivity index (χ1) is 7.58. The fraction of sp³-hybridized carbons (Fsp3) is 0.273. The van der Waals surface area contributed by atoms with Crippen LogP contribution in [0.25, 0.3) is 0 Å². The lowest BCUT2D eigenvalue weighted by Crippen LogP contribution is -2.35. The normalized spacial score (nSPS) is 24.2. The lowest BCUT2D eigenvalue weighted by Gasteiger charge is -2.14. The number of carboxylic acid groups (broad SMARTS) is 1. The summed E-state index contributed by atoms with van der Waals surface area (Å²) in [7, 11) is 0. The summed E-state index contributed by atoms with van der Waals surface area (Å²) in [6, 6.07) is 6.05. The summed E-state index contributed by atoms with van der Waals surface area (Å²) in [5, 5.41) is 12.0. The topological polar surface area (TPSA) is 66.4 Å². The molecule has 1 aliphatic heterocycles. The first-order valence-electron chi connectivity index (χ1n) is 4.85. The predicted molar refractivity (Wildman–Crippen MR) is 58.4 cm³/mol. The number of halogens is 1. The number of amides is 1. The van der Waals surface area contributed by atoms with Crippen molar-refractivity contribution in [2.75, 3.05) is 0 Å². The van der Waals surface area contributed by atoms with Crippen LogP contribution in [0.3, 0.4) is 0 Å². The minimum Gasteiger partial charge on any atom is -0.480 e. The van der Waals surface area contributed by atoms with Crippen molar-refractivity contribution in [1.29, 1.82) is 0 Å². The van der Waals surface area contributed by atoms with E-state index in [1.54, 1.807) is 24.3 Å². The van der Waals surface area contributed by atoms with Crippen LogP contribution in [0.5, 0.6) is 0 Å². The molecule has 1 saturated heterocycles. The van der Waals surface area contributed by atoms with Crippen LogP contribution in [0.1, 0.15) is 17.9 Å². The molecule has 0 aromatic heterocycles. The highest BCUT2D eigenvalue weighted by atomic mass is 35.5. The van der Waals surface area contributed by atoms with Gasteiger partial charge in [-0.1, -0.05) is 23.7 Å². The predicted octanol–water partition coefficient (Wildman–Crippen LogP) is 1.40. The number of benzene rings is 1. The molecule has 2 N–H and O–H groups in total. The minimum atomic E-state index is -1.01. The van der Waals surface area contributed by atoms with Gasteiger partial charge in [-0.3, -0.25) is 4.79 Å². The Morgan fingerprint density at radius 2 is 2.00 bits per heavy atom. The number of carboxylic acids is 1. The Kier molecular flexibility index (Phi) is 2.83. The van der Waals surface area contributed by atoms with Crippen molar-refractivity contribution in [1.82, 2.24) is 5.32 Å². The molecular formula is C11H10ClNO3. The van der Waals surface area contributed by atoms with E-state index in [1.165, 1.54) is 0 Å². The molecule has 2 atom stereocenters. The van der Waals surface area contributed by atoms with Crippen molar-refractivity contribution in [3.63, 3.8) is 0 Å². The van der Waals surface area contributed by atoms with Gasteiger partial charge in [0.1, 0.15) is 6.04 Å². The molecule has 1 aromatic rings. The van der Waals surface area contributed by atoms with Gasteiger partial charge in [0.15, 0.2) is 0 Å². The van der Waals surface area contributed by atoms with Gasteiger partial charge in [-0.15, -0.1) is 0 Å². The number of aliphatic carboxylic acids is 1. The summed E-state index contributed by atoms with van der Waals surface area (Å²) in [6.07, 6.45) is 0.207. The van der Waals surface area contributed by atoms with E-state index in [2.05, 4.69) is 5.32 Å². The highest BCUT2D eigenvalue weighted by Crippen LogP contribution is 2.29. The molecule has 0 spiro atoms. The van der Waals surface area contributed by atoms with Crippen molar-refractivity contribution in [3.05, 3.63) is 34.9 Å². The molecule has 16 heavy (non-hydrogen) atoms. The van der Waals surface area contributed by atoms with Gasteiger partial charge in [-0.25, -0.2) is 4.79 Å². The van der Waals surface area contributed by atoms with Crippen molar-refractivity contribution in [3.8, 4) is 0 Å². The van der Waals surface area contributed by atoms with E-state index in [0.29, 0.717) is 5.02 Å². The lowest BCUT2D eigenvalue weighted by molar-refractivity contribution is -0.140. The molecule has 2 rings (SSSR count). The van der Waals surface area contributed by atoms with E-state index < -0.39 is 12.0 Å². The van der Waals surface area contributed by atoms with Crippen LogP contribution in [-0.2, 0) is 9.59 Å². The van der Waals surface area contributed by atoms with Crippen molar-refractivity contribution < 1.29 is 14.7 Å². The van der Waals surface area contributed by atoms with E-state index in [-0.39, 0.29) is 18.2 Å². The highest BCUT2D eigenvalue weighted by Gasteiger charge is 2.38. The SMILES string of the molecule is O=C1C[C@H](c2ccc(Cl)cc2)[C@@H](C(=O)O)N1. The van der Waals surface area contributed by atoms with E-state index in [9.17, 15) is 9.59 Å². The molecular weight excluding hydrogens is 230 g/mol. The van der Waals surface area contributed by atoms with Crippen LogP contribution in [0.15, 0.2) is 24.3 Å². The van der Waals surface area contributed by atoms with Gasteiger partial charge in [0.25, 0.3) is 0 Å². The minimum absolute atomic E-state index is 0.207. The van der Waals surface area contributed by atoms with Gasteiger partial charge in [-0.2, -0.15) is 0 Å². The van der Waals surface area contributed by atoms with Crippen LogP contribution in [-0.4, -0.2) is 23.0 Å². The highest BCUT2D eigenvalue weighted by molar-refractivity contribution is 6.30. The summed E-state index contributed by atoms with van der Waals surface area (Å²) >= 11 is 5.75. The summed E-state index contributed by atoms with van der Waals surface area (Å²) < 4.78 is 0. The van der Waals surface area contributed by atoms with Gasteiger partial charge in [0, 0.05) is 17.4 Å². The van der Waals surface area contributed by atoms with Crippen molar-refractivity contribution in [2.45, 2.75) is 18.4 Å². The summed E-state index contributed by atoms with van der Waals surface area (Å²) in [4.78, 5) is 22.2. The Balaban J connectivity index is 2.28. The fourth-order valence-electron chi connectivity index (χ4n) is 1.90. The third kappa shape index (κ3) is 2.02. The van der Waals surface area contributed by atoms with Crippen molar-refractivity contribution >= 4 is 23.5 Å². The van der Waals surface area contributed by atoms with Crippen LogP contribution in [0, 0.1) is 0 Å². The zero-order chi connectivity index (χ0) is 11.7. The summed E-state index contributed by atoms with van der Waals surface area (Å²) in [5.74, 6) is -1.56. The maximum absolute atomic E-state index is 11.2. The molecule has 0 unspecified atom stereocenters. The smallest absolute Gasteiger partial charge is 0.326 e. The number of hydrogen-bond donors (Lipinski definition) is 2. The number of carbonyl (C=O) groups excluding carboxylic acids is 1. The Hall–Kier alpha value is -1.55. The van der Waals surface area contributed by atoms with Crippen LogP contribution in [0.4, 0.5) is 0 Å². The fourth-order valence-corrected chi connectivity index (χ4v) is 2.03. The molecule has 84 valence electrons. The summed E-state index contributed by atoms with van der Waals surface area (Å²) in [5.41, 5.74) is 0.815. The molecule has 1 fully saturated rings. The van der Waals surface area contributed by atoms with E-state index in [1.807, 2.05) is 0 Å². The molecule has 1 heterocycles. The molecule has 1 aliphatic rings. The van der Waals surface area contributed by atoms with Gasteiger partial charge in [0.05, 0.1) is 0 Å². The van der Waals surface area contributed by atoms with Crippen molar-refractivity contribution in [2.24, 2.45) is 0 Å². The van der Waals surface area contributed by atoms with E-state index in [0.717, 1.165) is 5.56 Å². The zero-order valence-electron chi connectivity index (χ0n) is 8.31.